The van der Waals surface area contributed by atoms with E-state index >= 15 is 0 Å². The summed E-state index contributed by atoms with van der Waals surface area (Å²) in [5.41, 5.74) is 0.363. The van der Waals surface area contributed by atoms with Crippen LogP contribution in [0.1, 0.15) is 164 Å². The molecule has 0 aliphatic rings. The molecule has 0 aromatic heterocycles. The number of esters is 2. The first-order chi connectivity index (χ1) is 20.1. The summed E-state index contributed by atoms with van der Waals surface area (Å²) in [4.78, 5) is 26.3. The summed E-state index contributed by atoms with van der Waals surface area (Å²) in [7, 11) is 0. The molecular weight excluding hydrogens is 792 g/mol. The number of halogens is 4. The van der Waals surface area contributed by atoms with Gasteiger partial charge >= 0.3 is 11.9 Å². The Morgan fingerprint density at radius 3 is 1.00 bits per heavy atom. The third kappa shape index (κ3) is 17.0. The fourth-order valence-electron chi connectivity index (χ4n) is 4.92. The zero-order chi connectivity index (χ0) is 31.3. The standard InChI is InChI=1S/C34H54Br4O4/c1-25(2)21-17-13-9-5-7-11-15-19-23-41-33(39)27-28(30(36)32(38)31(37)29(27)35)34(40)42-24-20-16-12-8-6-10-14-18-22-26(3)4/h25-26H,5-24H2,1-4H3. The van der Waals surface area contributed by atoms with Gasteiger partial charge in [0.2, 0.25) is 0 Å². The summed E-state index contributed by atoms with van der Waals surface area (Å²) in [5.74, 6) is 0.546. The molecule has 242 valence electrons. The zero-order valence-electron chi connectivity index (χ0n) is 26.4. The summed E-state index contributed by atoms with van der Waals surface area (Å²) in [6.45, 7) is 9.80. The number of hydrogen-bond donors (Lipinski definition) is 0. The number of carbonyl (C=O) groups excluding carboxylic acids is 2. The highest BCUT2D eigenvalue weighted by atomic mass is 79.9. The van der Waals surface area contributed by atoms with Gasteiger partial charge in [-0.1, -0.05) is 130 Å². The van der Waals surface area contributed by atoms with Gasteiger partial charge in [0.05, 0.1) is 24.3 Å². The van der Waals surface area contributed by atoms with Gasteiger partial charge in [-0.05, 0) is 88.4 Å². The Morgan fingerprint density at radius 2 is 0.714 bits per heavy atom. The maximum absolute atomic E-state index is 13.1. The lowest BCUT2D eigenvalue weighted by Gasteiger charge is -2.16. The molecule has 1 aromatic rings. The van der Waals surface area contributed by atoms with E-state index in [-0.39, 0.29) is 11.1 Å². The second-order valence-electron chi connectivity index (χ2n) is 12.3. The van der Waals surface area contributed by atoms with E-state index in [1.54, 1.807) is 0 Å². The Hall–Kier alpha value is 0.0800. The number of hydrogen-bond acceptors (Lipinski definition) is 4. The van der Waals surface area contributed by atoms with Crippen LogP contribution in [0.2, 0.25) is 0 Å². The van der Waals surface area contributed by atoms with Crippen molar-refractivity contribution in [3.05, 3.63) is 29.0 Å². The minimum Gasteiger partial charge on any atom is -0.462 e. The number of rotatable bonds is 24. The molecular formula is C34H54Br4O4. The van der Waals surface area contributed by atoms with E-state index < -0.39 is 11.9 Å². The molecule has 0 aliphatic heterocycles. The maximum Gasteiger partial charge on any atom is 0.340 e. The maximum atomic E-state index is 13.1. The summed E-state index contributed by atoms with van der Waals surface area (Å²) in [6, 6.07) is 0. The van der Waals surface area contributed by atoms with Crippen molar-refractivity contribution < 1.29 is 19.1 Å². The van der Waals surface area contributed by atoms with Gasteiger partial charge in [0.15, 0.2) is 0 Å². The molecule has 0 bridgehead atoms. The van der Waals surface area contributed by atoms with E-state index in [1.807, 2.05) is 0 Å². The topological polar surface area (TPSA) is 52.6 Å². The molecule has 0 radical (unpaired) electrons. The van der Waals surface area contributed by atoms with Crippen molar-refractivity contribution in [3.63, 3.8) is 0 Å². The highest BCUT2D eigenvalue weighted by Gasteiger charge is 2.30. The normalized spacial score (nSPS) is 11.5. The van der Waals surface area contributed by atoms with Crippen LogP contribution in [0, 0.1) is 11.8 Å². The lowest BCUT2D eigenvalue weighted by atomic mass is 10.0. The number of benzene rings is 1. The fourth-order valence-corrected chi connectivity index (χ4v) is 7.36. The van der Waals surface area contributed by atoms with Gasteiger partial charge in [-0.3, -0.25) is 0 Å². The lowest BCUT2D eigenvalue weighted by Crippen LogP contribution is -2.17. The van der Waals surface area contributed by atoms with Gasteiger partial charge in [0, 0.05) is 17.9 Å². The summed E-state index contributed by atoms with van der Waals surface area (Å²) in [5, 5.41) is 0. The predicted octanol–water partition coefficient (Wildman–Crippen LogP) is 13.4. The third-order valence-corrected chi connectivity index (χ3v) is 12.3. The SMILES string of the molecule is CC(C)CCCCCCCCCCOC(=O)c1c(Br)c(Br)c(Br)c(Br)c1C(=O)OCCCCCCCCCCC(C)C. The Balaban J connectivity index is 2.46. The van der Waals surface area contributed by atoms with Crippen molar-refractivity contribution in [3.8, 4) is 0 Å². The molecule has 0 spiro atoms. The van der Waals surface area contributed by atoms with Crippen LogP contribution in [0.4, 0.5) is 0 Å². The molecule has 0 unspecified atom stereocenters. The van der Waals surface area contributed by atoms with E-state index in [1.165, 1.54) is 77.0 Å². The van der Waals surface area contributed by atoms with Crippen molar-refractivity contribution in [1.82, 2.24) is 0 Å². The average molecular weight is 846 g/mol. The largest absolute Gasteiger partial charge is 0.462 e. The molecule has 0 saturated carbocycles. The van der Waals surface area contributed by atoms with Crippen molar-refractivity contribution in [2.45, 2.75) is 143 Å². The van der Waals surface area contributed by atoms with Crippen molar-refractivity contribution in [2.24, 2.45) is 11.8 Å². The molecule has 0 heterocycles. The Morgan fingerprint density at radius 1 is 0.452 bits per heavy atom. The van der Waals surface area contributed by atoms with Crippen LogP contribution in [0.25, 0.3) is 0 Å². The predicted molar refractivity (Wildman–Crippen MR) is 191 cm³/mol. The molecule has 0 aliphatic carbocycles. The first-order valence-corrected chi connectivity index (χ1v) is 19.4. The van der Waals surface area contributed by atoms with E-state index in [9.17, 15) is 9.59 Å². The van der Waals surface area contributed by atoms with Gasteiger partial charge in [-0.25, -0.2) is 9.59 Å². The highest BCUT2D eigenvalue weighted by molar-refractivity contribution is 9.15. The van der Waals surface area contributed by atoms with Gasteiger partial charge in [0.1, 0.15) is 0 Å². The Bertz CT molecular complexity index is 845. The summed E-state index contributed by atoms with van der Waals surface area (Å²) < 4.78 is 13.4. The fraction of sp³-hybridized carbons (Fsp3) is 0.765. The van der Waals surface area contributed by atoms with E-state index in [2.05, 4.69) is 91.4 Å². The third-order valence-electron chi connectivity index (χ3n) is 7.49. The zero-order valence-corrected chi connectivity index (χ0v) is 32.8. The van der Waals surface area contributed by atoms with Gasteiger partial charge in [-0.15, -0.1) is 0 Å². The van der Waals surface area contributed by atoms with Crippen molar-refractivity contribution in [2.75, 3.05) is 13.2 Å². The minimum atomic E-state index is -0.527. The molecule has 0 fully saturated rings. The van der Waals surface area contributed by atoms with Crippen LogP contribution in [0.3, 0.4) is 0 Å². The van der Waals surface area contributed by atoms with Crippen LogP contribution < -0.4 is 0 Å². The van der Waals surface area contributed by atoms with Gasteiger partial charge in [0.25, 0.3) is 0 Å². The van der Waals surface area contributed by atoms with Crippen molar-refractivity contribution >= 4 is 75.7 Å². The molecule has 0 saturated heterocycles. The van der Waals surface area contributed by atoms with E-state index in [4.69, 9.17) is 9.47 Å². The van der Waals surface area contributed by atoms with Gasteiger partial charge < -0.3 is 9.47 Å². The summed E-state index contributed by atoms with van der Waals surface area (Å²) >= 11 is 14.0. The molecule has 0 atom stereocenters. The molecule has 42 heavy (non-hydrogen) atoms. The molecule has 0 amide bonds. The van der Waals surface area contributed by atoms with E-state index in [0.29, 0.717) is 31.1 Å². The second-order valence-corrected chi connectivity index (χ2v) is 15.5. The first kappa shape index (κ1) is 40.1. The van der Waals surface area contributed by atoms with Crippen LogP contribution in [-0.4, -0.2) is 25.2 Å². The smallest absolute Gasteiger partial charge is 0.340 e. The molecule has 8 heteroatoms. The minimum absolute atomic E-state index is 0.181. The van der Waals surface area contributed by atoms with Crippen LogP contribution in [-0.2, 0) is 9.47 Å². The lowest BCUT2D eigenvalue weighted by molar-refractivity contribution is 0.0448. The van der Waals surface area contributed by atoms with Crippen LogP contribution >= 0.6 is 63.7 Å². The second kappa shape index (κ2) is 24.3. The molecule has 4 nitrogen and oxygen atoms in total. The van der Waals surface area contributed by atoms with Crippen molar-refractivity contribution in [1.29, 1.82) is 0 Å². The number of ether oxygens (including phenoxy) is 2. The Labute approximate surface area is 290 Å². The first-order valence-electron chi connectivity index (χ1n) is 16.3. The number of unbranched alkanes of at least 4 members (excludes halogenated alkanes) is 14. The molecule has 1 rings (SSSR count). The van der Waals surface area contributed by atoms with Gasteiger partial charge in [-0.2, -0.15) is 0 Å². The highest BCUT2D eigenvalue weighted by Crippen LogP contribution is 2.42. The van der Waals surface area contributed by atoms with Crippen LogP contribution in [0.5, 0.6) is 0 Å². The molecule has 1 aromatic carbocycles. The van der Waals surface area contributed by atoms with E-state index in [0.717, 1.165) is 50.4 Å². The number of carbonyl (C=O) groups is 2. The quantitative estimate of drug-likeness (QED) is 0.0450. The Kier molecular flexibility index (Phi) is 23.2. The summed E-state index contributed by atoms with van der Waals surface area (Å²) in [6.07, 6.45) is 21.6. The van der Waals surface area contributed by atoms with Crippen LogP contribution in [0.15, 0.2) is 17.9 Å². The monoisotopic (exact) mass is 842 g/mol. The average Bonchev–Trinajstić information content (AvgIpc) is 2.94. The molecule has 0 N–H and O–H groups in total.